The van der Waals surface area contributed by atoms with Crippen LogP contribution >= 0.6 is 0 Å². The molecule has 0 fully saturated rings. The van der Waals surface area contributed by atoms with Gasteiger partial charge < -0.3 is 15.3 Å². The van der Waals surface area contributed by atoms with Crippen molar-refractivity contribution in [3.05, 3.63) is 0 Å². The number of amides is 2. The van der Waals surface area contributed by atoms with Crippen molar-refractivity contribution in [1.82, 2.24) is 10.2 Å². The van der Waals surface area contributed by atoms with E-state index in [0.29, 0.717) is 19.3 Å². The number of nitrogens with zero attached hydrogens (tertiary/aromatic N) is 1. The predicted molar refractivity (Wildman–Crippen MR) is 81.0 cm³/mol. The zero-order valence-corrected chi connectivity index (χ0v) is 13.9. The van der Waals surface area contributed by atoms with Gasteiger partial charge in [-0.1, -0.05) is 13.3 Å². The Hall–Kier alpha value is -1.31. The smallest absolute Gasteiger partial charge is 0.317 e. The van der Waals surface area contributed by atoms with E-state index in [0.717, 1.165) is 6.26 Å². The van der Waals surface area contributed by atoms with Crippen molar-refractivity contribution in [2.45, 2.75) is 39.2 Å². The fourth-order valence-electron chi connectivity index (χ4n) is 1.65. The fourth-order valence-corrected chi connectivity index (χ4v) is 2.26. The number of urea groups is 1. The number of hydrogen-bond acceptors (Lipinski definition) is 4. The molecule has 7 nitrogen and oxygen atoms in total. The molecule has 0 saturated carbocycles. The SMILES string of the molecule is CC(CCCC(C)C(=O)O)NC(=O)N(C)CCS(C)(=O)=O. The minimum absolute atomic E-state index is 0.0680. The molecule has 0 saturated heterocycles. The average molecular weight is 322 g/mol. The van der Waals surface area contributed by atoms with Gasteiger partial charge in [-0.05, 0) is 19.8 Å². The average Bonchev–Trinajstić information content (AvgIpc) is 2.34. The van der Waals surface area contributed by atoms with Crippen molar-refractivity contribution < 1.29 is 23.1 Å². The Morgan fingerprint density at radius 1 is 1.24 bits per heavy atom. The van der Waals surface area contributed by atoms with Crippen molar-refractivity contribution in [2.24, 2.45) is 5.92 Å². The Kier molecular flexibility index (Phi) is 8.31. The largest absolute Gasteiger partial charge is 0.481 e. The molecule has 0 aliphatic heterocycles. The summed E-state index contributed by atoms with van der Waals surface area (Å²) in [5.41, 5.74) is 0. The number of carboxylic acids is 1. The molecule has 0 aromatic heterocycles. The number of nitrogens with one attached hydrogen (secondary N) is 1. The maximum atomic E-state index is 11.8. The van der Waals surface area contributed by atoms with Gasteiger partial charge in [0.15, 0.2) is 0 Å². The van der Waals surface area contributed by atoms with Crippen LogP contribution in [0.3, 0.4) is 0 Å². The van der Waals surface area contributed by atoms with Gasteiger partial charge in [0.2, 0.25) is 0 Å². The van der Waals surface area contributed by atoms with E-state index in [2.05, 4.69) is 5.32 Å². The molecule has 0 heterocycles. The summed E-state index contributed by atoms with van der Waals surface area (Å²) in [5, 5.41) is 11.5. The van der Waals surface area contributed by atoms with Gasteiger partial charge in [0.1, 0.15) is 9.84 Å². The normalized spacial score (nSPS) is 14.3. The number of carbonyl (C=O) groups excluding carboxylic acids is 1. The minimum atomic E-state index is -3.09. The second-order valence-electron chi connectivity index (χ2n) is 5.57. The topological polar surface area (TPSA) is 104 Å². The Morgan fingerprint density at radius 3 is 2.29 bits per heavy atom. The highest BCUT2D eigenvalue weighted by Gasteiger charge is 2.15. The number of rotatable bonds is 9. The van der Waals surface area contributed by atoms with Crippen molar-refractivity contribution >= 4 is 21.8 Å². The summed E-state index contributed by atoms with van der Waals surface area (Å²) in [6.45, 7) is 3.64. The molecule has 0 aromatic carbocycles. The number of hydrogen-bond donors (Lipinski definition) is 2. The molecular formula is C13H26N2O5S. The Labute approximate surface area is 126 Å². The molecule has 0 aliphatic carbocycles. The Morgan fingerprint density at radius 2 is 1.81 bits per heavy atom. The molecule has 124 valence electrons. The number of carbonyl (C=O) groups is 2. The lowest BCUT2D eigenvalue weighted by Gasteiger charge is -2.21. The van der Waals surface area contributed by atoms with E-state index in [1.165, 1.54) is 4.90 Å². The van der Waals surface area contributed by atoms with Gasteiger partial charge in [0, 0.05) is 25.9 Å². The predicted octanol–water partition coefficient (Wildman–Crippen LogP) is 0.952. The summed E-state index contributed by atoms with van der Waals surface area (Å²) in [4.78, 5) is 23.8. The van der Waals surface area contributed by atoms with Gasteiger partial charge in [-0.2, -0.15) is 0 Å². The van der Waals surface area contributed by atoms with Crippen LogP contribution in [0.2, 0.25) is 0 Å². The van der Waals surface area contributed by atoms with Crippen LogP contribution in [0.1, 0.15) is 33.1 Å². The number of carboxylic acid groups (broad SMARTS) is 1. The van der Waals surface area contributed by atoms with Gasteiger partial charge in [-0.3, -0.25) is 4.79 Å². The van der Waals surface area contributed by atoms with Crippen molar-refractivity contribution in [1.29, 1.82) is 0 Å². The van der Waals surface area contributed by atoms with Crippen LogP contribution in [0.4, 0.5) is 4.79 Å². The second kappa shape index (κ2) is 8.86. The van der Waals surface area contributed by atoms with Crippen LogP contribution in [0, 0.1) is 5.92 Å². The van der Waals surface area contributed by atoms with E-state index < -0.39 is 15.8 Å². The van der Waals surface area contributed by atoms with Crippen LogP contribution in [-0.2, 0) is 14.6 Å². The molecule has 2 N–H and O–H groups in total. The molecule has 21 heavy (non-hydrogen) atoms. The van der Waals surface area contributed by atoms with Crippen LogP contribution in [0.15, 0.2) is 0 Å². The highest BCUT2D eigenvalue weighted by Crippen LogP contribution is 2.09. The Balaban J connectivity index is 4.00. The van der Waals surface area contributed by atoms with Gasteiger partial charge in [0.25, 0.3) is 0 Å². The summed E-state index contributed by atoms with van der Waals surface area (Å²) < 4.78 is 22.1. The molecular weight excluding hydrogens is 296 g/mol. The first-order valence-electron chi connectivity index (χ1n) is 6.95. The van der Waals surface area contributed by atoms with E-state index in [-0.39, 0.29) is 30.3 Å². The van der Waals surface area contributed by atoms with Gasteiger partial charge in [-0.15, -0.1) is 0 Å². The van der Waals surface area contributed by atoms with E-state index in [1.807, 2.05) is 6.92 Å². The lowest BCUT2D eigenvalue weighted by molar-refractivity contribution is -0.141. The van der Waals surface area contributed by atoms with Gasteiger partial charge >= 0.3 is 12.0 Å². The zero-order chi connectivity index (χ0) is 16.6. The number of aliphatic carboxylic acids is 1. The van der Waals surface area contributed by atoms with Gasteiger partial charge in [-0.25, -0.2) is 13.2 Å². The molecule has 0 radical (unpaired) electrons. The van der Waals surface area contributed by atoms with E-state index in [1.54, 1.807) is 14.0 Å². The second-order valence-corrected chi connectivity index (χ2v) is 7.83. The highest BCUT2D eigenvalue weighted by molar-refractivity contribution is 7.90. The summed E-state index contributed by atoms with van der Waals surface area (Å²) in [6, 6.07) is -0.406. The third-order valence-electron chi connectivity index (χ3n) is 3.21. The molecule has 0 bridgehead atoms. The van der Waals surface area contributed by atoms with Crippen LogP contribution in [0.25, 0.3) is 0 Å². The lowest BCUT2D eigenvalue weighted by Crippen LogP contribution is -2.43. The first-order valence-corrected chi connectivity index (χ1v) is 9.01. The standard InChI is InChI=1S/C13H26N2O5S/c1-10(12(16)17)6-5-7-11(2)14-13(18)15(3)8-9-21(4,19)20/h10-11H,5-9H2,1-4H3,(H,14,18)(H,16,17). The van der Waals surface area contributed by atoms with Crippen molar-refractivity contribution in [3.63, 3.8) is 0 Å². The third kappa shape index (κ3) is 10.1. The summed E-state index contributed by atoms with van der Waals surface area (Å²) >= 11 is 0. The van der Waals surface area contributed by atoms with Gasteiger partial charge in [0.05, 0.1) is 11.7 Å². The molecule has 2 unspecified atom stereocenters. The minimum Gasteiger partial charge on any atom is -0.481 e. The quantitative estimate of drug-likeness (QED) is 0.658. The maximum Gasteiger partial charge on any atom is 0.317 e. The van der Waals surface area contributed by atoms with Crippen LogP contribution in [0.5, 0.6) is 0 Å². The fraction of sp³-hybridized carbons (Fsp3) is 0.846. The highest BCUT2D eigenvalue weighted by atomic mass is 32.2. The molecule has 8 heteroatoms. The summed E-state index contributed by atoms with van der Waals surface area (Å²) in [7, 11) is -1.55. The van der Waals surface area contributed by atoms with E-state index in [4.69, 9.17) is 5.11 Å². The van der Waals surface area contributed by atoms with Crippen molar-refractivity contribution in [3.8, 4) is 0 Å². The van der Waals surface area contributed by atoms with Crippen LogP contribution in [-0.4, -0.2) is 62.1 Å². The molecule has 2 amide bonds. The summed E-state index contributed by atoms with van der Waals surface area (Å²) in [5.74, 6) is -1.26. The number of sulfone groups is 1. The third-order valence-corrected chi connectivity index (χ3v) is 4.13. The van der Waals surface area contributed by atoms with E-state index in [9.17, 15) is 18.0 Å². The zero-order valence-electron chi connectivity index (χ0n) is 13.1. The van der Waals surface area contributed by atoms with Crippen LogP contribution < -0.4 is 5.32 Å². The maximum absolute atomic E-state index is 11.8. The van der Waals surface area contributed by atoms with Crippen molar-refractivity contribution in [2.75, 3.05) is 25.6 Å². The molecule has 0 aliphatic rings. The Bertz CT molecular complexity index is 449. The molecule has 0 rings (SSSR count). The first-order chi connectivity index (χ1) is 9.53. The summed E-state index contributed by atoms with van der Waals surface area (Å²) in [6.07, 6.45) is 3.09. The molecule has 0 spiro atoms. The monoisotopic (exact) mass is 322 g/mol. The lowest BCUT2D eigenvalue weighted by atomic mass is 10.0. The first kappa shape index (κ1) is 19.7. The molecule has 2 atom stereocenters. The molecule has 0 aromatic rings. The van der Waals surface area contributed by atoms with E-state index >= 15 is 0 Å².